The number of para-hydroxylation sites is 1. The van der Waals surface area contributed by atoms with Crippen LogP contribution in [0, 0.1) is 0 Å². The summed E-state index contributed by atoms with van der Waals surface area (Å²) in [6.45, 7) is 12.8. The second-order valence-corrected chi connectivity index (χ2v) is 6.68. The molecule has 0 spiro atoms. The minimum atomic E-state index is -0.197. The first kappa shape index (κ1) is 18.7. The average molecular weight is 337 g/mol. The summed E-state index contributed by atoms with van der Waals surface area (Å²) in [5.74, 6) is 0.633. The van der Waals surface area contributed by atoms with Crippen LogP contribution in [-0.4, -0.2) is 17.4 Å². The molecule has 0 aliphatic heterocycles. The van der Waals surface area contributed by atoms with E-state index in [1.807, 2.05) is 6.07 Å². The van der Waals surface area contributed by atoms with E-state index in [0.29, 0.717) is 24.1 Å². The molecule has 0 fully saturated rings. The SMILES string of the molecule is C=CCNC(=O)c1ccc(Nc2c(C(C)C)cccc2C(C)C)cn1. The molecule has 1 aromatic carbocycles. The monoisotopic (exact) mass is 337 g/mol. The Morgan fingerprint density at radius 3 is 2.24 bits per heavy atom. The molecule has 132 valence electrons. The predicted octanol–water partition coefficient (Wildman–Crippen LogP) is 4.99. The maximum absolute atomic E-state index is 11.9. The highest BCUT2D eigenvalue weighted by atomic mass is 16.1. The smallest absolute Gasteiger partial charge is 0.270 e. The number of pyridine rings is 1. The third kappa shape index (κ3) is 4.69. The van der Waals surface area contributed by atoms with Gasteiger partial charge in [-0.1, -0.05) is 52.0 Å². The van der Waals surface area contributed by atoms with E-state index < -0.39 is 0 Å². The maximum atomic E-state index is 11.9. The average Bonchev–Trinajstić information content (AvgIpc) is 2.60. The molecule has 2 aromatic rings. The van der Waals surface area contributed by atoms with Crippen LogP contribution in [0.15, 0.2) is 49.2 Å². The van der Waals surface area contributed by atoms with E-state index in [0.717, 1.165) is 11.4 Å². The molecule has 0 atom stereocenters. The van der Waals surface area contributed by atoms with Crippen molar-refractivity contribution < 1.29 is 4.79 Å². The fourth-order valence-corrected chi connectivity index (χ4v) is 2.70. The van der Waals surface area contributed by atoms with E-state index in [-0.39, 0.29) is 5.91 Å². The highest BCUT2D eigenvalue weighted by Crippen LogP contribution is 2.34. The summed E-state index contributed by atoms with van der Waals surface area (Å²) < 4.78 is 0. The Morgan fingerprint density at radius 2 is 1.76 bits per heavy atom. The number of carbonyl (C=O) groups is 1. The third-order valence-electron chi connectivity index (χ3n) is 4.05. The summed E-state index contributed by atoms with van der Waals surface area (Å²) in [6, 6.07) is 10.0. The largest absolute Gasteiger partial charge is 0.354 e. The van der Waals surface area contributed by atoms with Gasteiger partial charge < -0.3 is 10.6 Å². The van der Waals surface area contributed by atoms with Crippen LogP contribution in [0.2, 0.25) is 0 Å². The van der Waals surface area contributed by atoms with Gasteiger partial charge in [0.25, 0.3) is 5.91 Å². The summed E-state index contributed by atoms with van der Waals surface area (Å²) in [4.78, 5) is 16.2. The molecule has 0 radical (unpaired) electrons. The van der Waals surface area contributed by atoms with E-state index in [9.17, 15) is 4.79 Å². The number of aromatic nitrogens is 1. The molecule has 0 bridgehead atoms. The fourth-order valence-electron chi connectivity index (χ4n) is 2.70. The quantitative estimate of drug-likeness (QED) is 0.700. The van der Waals surface area contributed by atoms with Crippen molar-refractivity contribution in [2.45, 2.75) is 39.5 Å². The summed E-state index contributed by atoms with van der Waals surface area (Å²) >= 11 is 0. The lowest BCUT2D eigenvalue weighted by atomic mass is 9.92. The summed E-state index contributed by atoms with van der Waals surface area (Å²) in [5, 5.41) is 6.23. The highest BCUT2D eigenvalue weighted by molar-refractivity contribution is 5.92. The molecule has 0 unspecified atom stereocenters. The summed E-state index contributed by atoms with van der Waals surface area (Å²) in [6.07, 6.45) is 3.34. The molecule has 0 aliphatic rings. The van der Waals surface area contributed by atoms with Gasteiger partial charge in [-0.25, -0.2) is 4.98 Å². The molecule has 1 amide bonds. The molecule has 0 saturated heterocycles. The van der Waals surface area contributed by atoms with Gasteiger partial charge >= 0.3 is 0 Å². The van der Waals surface area contributed by atoms with Gasteiger partial charge in [-0.3, -0.25) is 4.79 Å². The van der Waals surface area contributed by atoms with Crippen LogP contribution in [0.4, 0.5) is 11.4 Å². The number of amides is 1. The van der Waals surface area contributed by atoms with Crippen molar-refractivity contribution in [1.82, 2.24) is 10.3 Å². The van der Waals surface area contributed by atoms with E-state index in [2.05, 4.69) is 68.1 Å². The second-order valence-electron chi connectivity index (χ2n) is 6.68. The Morgan fingerprint density at radius 1 is 1.12 bits per heavy atom. The van der Waals surface area contributed by atoms with Crippen molar-refractivity contribution >= 4 is 17.3 Å². The second kappa shape index (κ2) is 8.47. The van der Waals surface area contributed by atoms with Crippen molar-refractivity contribution in [2.24, 2.45) is 0 Å². The topological polar surface area (TPSA) is 54.0 Å². The molecule has 1 aromatic heterocycles. The Hall–Kier alpha value is -2.62. The van der Waals surface area contributed by atoms with Crippen molar-refractivity contribution in [3.63, 3.8) is 0 Å². The van der Waals surface area contributed by atoms with Gasteiger partial charge in [0, 0.05) is 12.2 Å². The number of rotatable bonds is 7. The molecule has 2 N–H and O–H groups in total. The Bertz CT molecular complexity index is 707. The van der Waals surface area contributed by atoms with Crippen molar-refractivity contribution in [3.05, 3.63) is 66.0 Å². The molecule has 0 aliphatic carbocycles. The van der Waals surface area contributed by atoms with Gasteiger partial charge in [-0.05, 0) is 35.1 Å². The Kier molecular flexibility index (Phi) is 6.34. The zero-order chi connectivity index (χ0) is 18.4. The van der Waals surface area contributed by atoms with Gasteiger partial charge in [-0.15, -0.1) is 6.58 Å². The number of hydrogen-bond donors (Lipinski definition) is 2. The van der Waals surface area contributed by atoms with Crippen LogP contribution in [0.3, 0.4) is 0 Å². The van der Waals surface area contributed by atoms with Crippen LogP contribution in [0.5, 0.6) is 0 Å². The number of carbonyl (C=O) groups excluding carboxylic acids is 1. The Labute approximate surface area is 150 Å². The molecule has 1 heterocycles. The van der Waals surface area contributed by atoms with Crippen LogP contribution in [0.25, 0.3) is 0 Å². The van der Waals surface area contributed by atoms with E-state index >= 15 is 0 Å². The molecule has 2 rings (SSSR count). The summed E-state index contributed by atoms with van der Waals surface area (Å²) in [7, 11) is 0. The van der Waals surface area contributed by atoms with E-state index in [1.54, 1.807) is 18.3 Å². The molecule has 4 nitrogen and oxygen atoms in total. The minimum absolute atomic E-state index is 0.197. The van der Waals surface area contributed by atoms with Gasteiger partial charge in [0.15, 0.2) is 0 Å². The number of benzene rings is 1. The summed E-state index contributed by atoms with van der Waals surface area (Å²) in [5.41, 5.74) is 4.96. The van der Waals surface area contributed by atoms with Gasteiger partial charge in [0.05, 0.1) is 11.9 Å². The minimum Gasteiger partial charge on any atom is -0.354 e. The molecular weight excluding hydrogens is 310 g/mol. The first-order chi connectivity index (χ1) is 11.9. The normalized spacial score (nSPS) is 10.8. The molecule has 0 saturated carbocycles. The first-order valence-corrected chi connectivity index (χ1v) is 8.69. The number of anilines is 2. The zero-order valence-electron chi connectivity index (χ0n) is 15.5. The zero-order valence-corrected chi connectivity index (χ0v) is 15.5. The van der Waals surface area contributed by atoms with Crippen molar-refractivity contribution in [2.75, 3.05) is 11.9 Å². The number of hydrogen-bond acceptors (Lipinski definition) is 3. The first-order valence-electron chi connectivity index (χ1n) is 8.69. The molecule has 25 heavy (non-hydrogen) atoms. The van der Waals surface area contributed by atoms with Crippen molar-refractivity contribution in [3.8, 4) is 0 Å². The van der Waals surface area contributed by atoms with Gasteiger partial charge in [-0.2, -0.15) is 0 Å². The maximum Gasteiger partial charge on any atom is 0.270 e. The standard InChI is InChI=1S/C21H27N3O/c1-6-12-22-21(25)19-11-10-16(13-23-19)24-20-17(14(2)3)8-7-9-18(20)15(4)5/h6-11,13-15,24H,1,12H2,2-5H3,(H,22,25). The van der Waals surface area contributed by atoms with Crippen LogP contribution in [0.1, 0.15) is 61.1 Å². The van der Waals surface area contributed by atoms with Crippen LogP contribution < -0.4 is 10.6 Å². The number of nitrogens with zero attached hydrogens (tertiary/aromatic N) is 1. The van der Waals surface area contributed by atoms with Crippen LogP contribution in [-0.2, 0) is 0 Å². The lowest BCUT2D eigenvalue weighted by Crippen LogP contribution is -2.24. The highest BCUT2D eigenvalue weighted by Gasteiger charge is 2.14. The number of nitrogens with one attached hydrogen (secondary N) is 2. The third-order valence-corrected chi connectivity index (χ3v) is 4.05. The molecule has 4 heteroatoms. The van der Waals surface area contributed by atoms with Gasteiger partial charge in [0.2, 0.25) is 0 Å². The lowest BCUT2D eigenvalue weighted by Gasteiger charge is -2.21. The molecular formula is C21H27N3O. The van der Waals surface area contributed by atoms with E-state index in [4.69, 9.17) is 0 Å². The fraction of sp³-hybridized carbons (Fsp3) is 0.333. The lowest BCUT2D eigenvalue weighted by molar-refractivity contribution is 0.0953. The van der Waals surface area contributed by atoms with Crippen molar-refractivity contribution in [1.29, 1.82) is 0 Å². The van der Waals surface area contributed by atoms with E-state index in [1.165, 1.54) is 11.1 Å². The predicted molar refractivity (Wildman–Crippen MR) is 105 cm³/mol. The Balaban J connectivity index is 2.27. The van der Waals surface area contributed by atoms with Crippen LogP contribution >= 0.6 is 0 Å². The van der Waals surface area contributed by atoms with Gasteiger partial charge in [0.1, 0.15) is 5.69 Å².